The number of carboxylic acid groups (broad SMARTS) is 1. The first kappa shape index (κ1) is 18.6. The molecule has 1 amide bonds. The molecule has 2 N–H and O–H groups in total. The molecule has 0 radical (unpaired) electrons. The van der Waals surface area contributed by atoms with Crippen molar-refractivity contribution in [3.63, 3.8) is 0 Å². The molecule has 4 nitrogen and oxygen atoms in total. The van der Waals surface area contributed by atoms with Gasteiger partial charge in [0, 0.05) is 13.0 Å². The summed E-state index contributed by atoms with van der Waals surface area (Å²) in [4.78, 5) is 23.5. The largest absolute Gasteiger partial charge is 0.481 e. The molecule has 132 valence electrons. The second kappa shape index (κ2) is 8.97. The molecule has 5 heteroatoms. The third-order valence-corrected chi connectivity index (χ3v) is 4.15. The Balaban J connectivity index is 1.86. The zero-order valence-electron chi connectivity index (χ0n) is 14.1. The maximum absolute atomic E-state index is 12.9. The average molecular weight is 343 g/mol. The van der Waals surface area contributed by atoms with Crippen molar-refractivity contribution in [3.05, 3.63) is 71.5 Å². The minimum Gasteiger partial charge on any atom is -0.481 e. The SMILES string of the molecule is CC(CC(=O)NCC(Cc1ccccc1)C(=O)O)c1ccc(F)cc1. The third kappa shape index (κ3) is 6.03. The van der Waals surface area contributed by atoms with Crippen LogP contribution < -0.4 is 5.32 Å². The van der Waals surface area contributed by atoms with Gasteiger partial charge in [0.2, 0.25) is 5.91 Å². The Morgan fingerprint density at radius 1 is 1.08 bits per heavy atom. The second-order valence-electron chi connectivity index (χ2n) is 6.19. The molecule has 0 saturated carbocycles. The summed E-state index contributed by atoms with van der Waals surface area (Å²) < 4.78 is 12.9. The Morgan fingerprint density at radius 3 is 2.32 bits per heavy atom. The molecule has 2 atom stereocenters. The summed E-state index contributed by atoms with van der Waals surface area (Å²) in [6.45, 7) is 1.96. The number of amides is 1. The molecule has 2 rings (SSSR count). The average Bonchev–Trinajstić information content (AvgIpc) is 2.59. The molecule has 0 aliphatic carbocycles. The van der Waals surface area contributed by atoms with E-state index < -0.39 is 11.9 Å². The van der Waals surface area contributed by atoms with E-state index in [0.29, 0.717) is 6.42 Å². The van der Waals surface area contributed by atoms with Crippen LogP contribution in [0.25, 0.3) is 0 Å². The number of nitrogens with one attached hydrogen (secondary N) is 1. The lowest BCUT2D eigenvalue weighted by molar-refractivity contribution is -0.141. The van der Waals surface area contributed by atoms with Gasteiger partial charge in [-0.3, -0.25) is 9.59 Å². The van der Waals surface area contributed by atoms with Crippen molar-refractivity contribution in [2.75, 3.05) is 6.54 Å². The van der Waals surface area contributed by atoms with Crippen LogP contribution in [0.15, 0.2) is 54.6 Å². The van der Waals surface area contributed by atoms with Gasteiger partial charge in [-0.2, -0.15) is 0 Å². The summed E-state index contributed by atoms with van der Waals surface area (Å²) in [7, 11) is 0. The van der Waals surface area contributed by atoms with Crippen LogP contribution in [0.1, 0.15) is 30.4 Å². The van der Waals surface area contributed by atoms with E-state index in [0.717, 1.165) is 11.1 Å². The molecule has 2 aromatic rings. The molecule has 0 saturated heterocycles. The summed E-state index contributed by atoms with van der Waals surface area (Å²) in [6, 6.07) is 15.4. The number of rotatable bonds is 8. The molecular weight excluding hydrogens is 321 g/mol. The summed E-state index contributed by atoms with van der Waals surface area (Å²) in [5.74, 6) is -2.21. The first-order valence-electron chi connectivity index (χ1n) is 8.24. The highest BCUT2D eigenvalue weighted by atomic mass is 19.1. The Kier molecular flexibility index (Phi) is 6.69. The van der Waals surface area contributed by atoms with Crippen molar-refractivity contribution in [3.8, 4) is 0 Å². The lowest BCUT2D eigenvalue weighted by Gasteiger charge is -2.15. The zero-order chi connectivity index (χ0) is 18.2. The standard InChI is InChI=1S/C20H22FNO3/c1-14(16-7-9-18(21)10-8-16)11-19(23)22-13-17(20(24)25)12-15-5-3-2-4-6-15/h2-10,14,17H,11-13H2,1H3,(H,22,23)(H,24,25). The molecule has 2 aromatic carbocycles. The summed E-state index contributed by atoms with van der Waals surface area (Å²) in [5, 5.41) is 12.0. The molecule has 0 spiro atoms. The number of hydrogen-bond donors (Lipinski definition) is 2. The highest BCUT2D eigenvalue weighted by molar-refractivity contribution is 5.78. The predicted octanol–water partition coefficient (Wildman–Crippen LogP) is 3.38. The molecule has 0 heterocycles. The maximum Gasteiger partial charge on any atom is 0.308 e. The zero-order valence-corrected chi connectivity index (χ0v) is 14.1. The summed E-state index contributed by atoms with van der Waals surface area (Å²) in [5.41, 5.74) is 1.79. The fraction of sp³-hybridized carbons (Fsp3) is 0.300. The van der Waals surface area contributed by atoms with Crippen LogP contribution in [0.3, 0.4) is 0 Å². The van der Waals surface area contributed by atoms with Crippen LogP contribution >= 0.6 is 0 Å². The molecule has 25 heavy (non-hydrogen) atoms. The van der Waals surface area contributed by atoms with Gasteiger partial charge in [0.05, 0.1) is 5.92 Å². The Hall–Kier alpha value is -2.69. The first-order valence-corrected chi connectivity index (χ1v) is 8.24. The number of carbonyl (C=O) groups excluding carboxylic acids is 1. The Morgan fingerprint density at radius 2 is 1.72 bits per heavy atom. The number of carbonyl (C=O) groups is 2. The van der Waals surface area contributed by atoms with Crippen molar-refractivity contribution in [1.82, 2.24) is 5.32 Å². The quantitative estimate of drug-likeness (QED) is 0.772. The number of aliphatic carboxylic acids is 1. The molecule has 0 aliphatic heterocycles. The van der Waals surface area contributed by atoms with Crippen LogP contribution in [0.5, 0.6) is 0 Å². The van der Waals surface area contributed by atoms with Crippen LogP contribution in [0, 0.1) is 11.7 Å². The maximum atomic E-state index is 12.9. The normalized spacial score (nSPS) is 13.0. The predicted molar refractivity (Wildman–Crippen MR) is 93.7 cm³/mol. The van der Waals surface area contributed by atoms with Gasteiger partial charge in [-0.15, -0.1) is 0 Å². The van der Waals surface area contributed by atoms with E-state index in [1.807, 2.05) is 37.3 Å². The van der Waals surface area contributed by atoms with E-state index in [1.54, 1.807) is 12.1 Å². The van der Waals surface area contributed by atoms with E-state index in [4.69, 9.17) is 0 Å². The van der Waals surface area contributed by atoms with Gasteiger partial charge in [-0.05, 0) is 35.6 Å². The van der Waals surface area contributed by atoms with Crippen molar-refractivity contribution < 1.29 is 19.1 Å². The van der Waals surface area contributed by atoms with E-state index in [1.165, 1.54) is 12.1 Å². The molecule has 0 aliphatic rings. The first-order chi connectivity index (χ1) is 12.0. The number of carboxylic acids is 1. The van der Waals surface area contributed by atoms with Crippen LogP contribution in [-0.2, 0) is 16.0 Å². The van der Waals surface area contributed by atoms with Gasteiger partial charge in [0.15, 0.2) is 0 Å². The van der Waals surface area contributed by atoms with Gasteiger partial charge >= 0.3 is 5.97 Å². The van der Waals surface area contributed by atoms with Crippen molar-refractivity contribution in [1.29, 1.82) is 0 Å². The van der Waals surface area contributed by atoms with E-state index in [-0.39, 0.29) is 30.6 Å². The van der Waals surface area contributed by atoms with Crippen molar-refractivity contribution >= 4 is 11.9 Å². The van der Waals surface area contributed by atoms with Gasteiger partial charge in [-0.25, -0.2) is 4.39 Å². The van der Waals surface area contributed by atoms with E-state index >= 15 is 0 Å². The fourth-order valence-electron chi connectivity index (χ4n) is 2.64. The number of halogens is 1. The summed E-state index contributed by atoms with van der Waals surface area (Å²) in [6.07, 6.45) is 0.591. The Labute approximate surface area is 146 Å². The minimum atomic E-state index is -0.935. The Bertz CT molecular complexity index is 701. The second-order valence-corrected chi connectivity index (χ2v) is 6.19. The monoisotopic (exact) mass is 343 g/mol. The van der Waals surface area contributed by atoms with E-state index in [9.17, 15) is 19.1 Å². The smallest absolute Gasteiger partial charge is 0.308 e. The van der Waals surface area contributed by atoms with Gasteiger partial charge in [0.25, 0.3) is 0 Å². The molecule has 0 aromatic heterocycles. The third-order valence-electron chi connectivity index (χ3n) is 4.15. The molecular formula is C20H22FNO3. The highest BCUT2D eigenvalue weighted by Gasteiger charge is 2.20. The summed E-state index contributed by atoms with van der Waals surface area (Å²) >= 11 is 0. The van der Waals surface area contributed by atoms with Crippen LogP contribution in [0.2, 0.25) is 0 Å². The number of benzene rings is 2. The molecule has 0 bridgehead atoms. The van der Waals surface area contributed by atoms with Gasteiger partial charge < -0.3 is 10.4 Å². The fourth-order valence-corrected chi connectivity index (χ4v) is 2.64. The number of hydrogen-bond acceptors (Lipinski definition) is 2. The molecule has 2 unspecified atom stereocenters. The van der Waals surface area contributed by atoms with Gasteiger partial charge in [-0.1, -0.05) is 49.4 Å². The topological polar surface area (TPSA) is 66.4 Å². The lowest BCUT2D eigenvalue weighted by atomic mass is 9.96. The van der Waals surface area contributed by atoms with E-state index in [2.05, 4.69) is 5.32 Å². The van der Waals surface area contributed by atoms with Crippen molar-refractivity contribution in [2.45, 2.75) is 25.7 Å². The van der Waals surface area contributed by atoms with Gasteiger partial charge in [0.1, 0.15) is 5.82 Å². The molecule has 0 fully saturated rings. The van der Waals surface area contributed by atoms with Crippen LogP contribution in [-0.4, -0.2) is 23.5 Å². The lowest BCUT2D eigenvalue weighted by Crippen LogP contribution is -2.34. The highest BCUT2D eigenvalue weighted by Crippen LogP contribution is 2.19. The minimum absolute atomic E-state index is 0.0713. The van der Waals surface area contributed by atoms with Crippen molar-refractivity contribution in [2.24, 2.45) is 5.92 Å². The van der Waals surface area contributed by atoms with Crippen LogP contribution in [0.4, 0.5) is 4.39 Å².